The summed E-state index contributed by atoms with van der Waals surface area (Å²) < 4.78 is 1.77. The third-order valence-corrected chi connectivity index (χ3v) is 4.66. The lowest BCUT2D eigenvalue weighted by molar-refractivity contribution is 0.0957. The van der Waals surface area contributed by atoms with Gasteiger partial charge in [0.05, 0.1) is 11.0 Å². The molecule has 0 atom stereocenters. The number of hydrogen-bond donors (Lipinski definition) is 0. The predicted molar refractivity (Wildman–Crippen MR) is 110 cm³/mol. The van der Waals surface area contributed by atoms with Crippen molar-refractivity contribution >= 4 is 16.9 Å². The maximum absolute atomic E-state index is 13.4. The van der Waals surface area contributed by atoms with Crippen LogP contribution in [-0.2, 0) is 5.41 Å². The maximum atomic E-state index is 13.4. The zero-order valence-electron chi connectivity index (χ0n) is 15.8. The average molecular weight is 354 g/mol. The van der Waals surface area contributed by atoms with E-state index < -0.39 is 0 Å². The zero-order chi connectivity index (χ0) is 19.0. The van der Waals surface area contributed by atoms with Crippen LogP contribution < -0.4 is 0 Å². The van der Waals surface area contributed by atoms with Crippen molar-refractivity contribution in [1.82, 2.24) is 9.55 Å². The van der Waals surface area contributed by atoms with Crippen LogP contribution in [0.2, 0.25) is 0 Å². The molecule has 3 heteroatoms. The molecule has 3 nitrogen and oxygen atoms in total. The molecule has 4 aromatic rings. The van der Waals surface area contributed by atoms with Crippen molar-refractivity contribution in [2.75, 3.05) is 0 Å². The molecule has 0 amide bonds. The van der Waals surface area contributed by atoms with E-state index in [9.17, 15) is 4.79 Å². The van der Waals surface area contributed by atoms with Gasteiger partial charge in [-0.05, 0) is 35.4 Å². The molecule has 1 aromatic heterocycles. The first-order valence-corrected chi connectivity index (χ1v) is 9.13. The standard InChI is InChI=1S/C24H22N2O/c1-24(2,3)23-25-20-15-14-19(17-10-6-4-7-11-17)16-21(20)26(23)22(27)18-12-8-5-9-13-18/h4-16H,1-3H3. The smallest absolute Gasteiger partial charge is 0.263 e. The lowest BCUT2D eigenvalue weighted by Crippen LogP contribution is -2.24. The Hall–Kier alpha value is -3.20. The fourth-order valence-corrected chi connectivity index (χ4v) is 3.30. The lowest BCUT2D eigenvalue weighted by atomic mass is 9.95. The van der Waals surface area contributed by atoms with Crippen LogP contribution in [-0.4, -0.2) is 15.5 Å². The summed E-state index contributed by atoms with van der Waals surface area (Å²) in [4.78, 5) is 18.2. The largest absolute Gasteiger partial charge is 0.268 e. The molecule has 0 saturated heterocycles. The Kier molecular flexibility index (Phi) is 4.15. The number of imidazole rings is 1. The molecule has 0 bridgehead atoms. The van der Waals surface area contributed by atoms with Crippen molar-refractivity contribution in [3.05, 3.63) is 90.3 Å². The van der Waals surface area contributed by atoms with E-state index in [0.29, 0.717) is 5.56 Å². The molecule has 134 valence electrons. The molecular formula is C24H22N2O. The lowest BCUT2D eigenvalue weighted by Gasteiger charge is -2.19. The first kappa shape index (κ1) is 17.2. The second-order valence-corrected chi connectivity index (χ2v) is 7.76. The second kappa shape index (κ2) is 6.51. The summed E-state index contributed by atoms with van der Waals surface area (Å²) in [6.45, 7) is 6.25. The highest BCUT2D eigenvalue weighted by Crippen LogP contribution is 2.30. The number of hydrogen-bond acceptors (Lipinski definition) is 2. The van der Waals surface area contributed by atoms with E-state index in [1.165, 1.54) is 0 Å². The summed E-state index contributed by atoms with van der Waals surface area (Å²) in [6.07, 6.45) is 0. The fraction of sp³-hybridized carbons (Fsp3) is 0.167. The van der Waals surface area contributed by atoms with Crippen molar-refractivity contribution in [1.29, 1.82) is 0 Å². The van der Waals surface area contributed by atoms with Crippen molar-refractivity contribution in [2.24, 2.45) is 0 Å². The monoisotopic (exact) mass is 354 g/mol. The molecule has 0 radical (unpaired) electrons. The highest BCUT2D eigenvalue weighted by molar-refractivity contribution is 6.02. The third kappa shape index (κ3) is 3.17. The van der Waals surface area contributed by atoms with E-state index in [2.05, 4.69) is 45.0 Å². The summed E-state index contributed by atoms with van der Waals surface area (Å²) in [6, 6.07) is 25.7. The molecule has 27 heavy (non-hydrogen) atoms. The van der Waals surface area contributed by atoms with Gasteiger partial charge in [0.2, 0.25) is 0 Å². The molecule has 0 aliphatic carbocycles. The Labute approximate surface area is 159 Å². The average Bonchev–Trinajstić information content (AvgIpc) is 3.08. The van der Waals surface area contributed by atoms with Gasteiger partial charge in [0.15, 0.2) is 0 Å². The van der Waals surface area contributed by atoms with Gasteiger partial charge in [-0.2, -0.15) is 0 Å². The van der Waals surface area contributed by atoms with E-state index >= 15 is 0 Å². The summed E-state index contributed by atoms with van der Waals surface area (Å²) in [5.74, 6) is 0.727. The summed E-state index contributed by atoms with van der Waals surface area (Å²) >= 11 is 0. The molecule has 0 fully saturated rings. The van der Waals surface area contributed by atoms with Crippen molar-refractivity contribution in [2.45, 2.75) is 26.2 Å². The van der Waals surface area contributed by atoms with Crippen molar-refractivity contribution < 1.29 is 4.79 Å². The number of rotatable bonds is 2. The first-order chi connectivity index (χ1) is 12.9. The Balaban J connectivity index is 1.97. The first-order valence-electron chi connectivity index (χ1n) is 9.13. The van der Waals surface area contributed by atoms with Crippen LogP contribution >= 0.6 is 0 Å². The van der Waals surface area contributed by atoms with E-state index in [0.717, 1.165) is 28.0 Å². The zero-order valence-corrected chi connectivity index (χ0v) is 15.8. The van der Waals surface area contributed by atoms with Gasteiger partial charge < -0.3 is 0 Å². The maximum Gasteiger partial charge on any atom is 0.263 e. The number of carbonyl (C=O) groups is 1. The number of benzene rings is 3. The van der Waals surface area contributed by atoms with Gasteiger partial charge in [-0.15, -0.1) is 0 Å². The summed E-state index contributed by atoms with van der Waals surface area (Å²) in [5, 5.41) is 0. The number of carbonyl (C=O) groups excluding carboxylic acids is 1. The Morgan fingerprint density at radius 2 is 1.44 bits per heavy atom. The number of aromatic nitrogens is 2. The number of nitrogens with zero attached hydrogens (tertiary/aromatic N) is 2. The SMILES string of the molecule is CC(C)(C)c1nc2ccc(-c3ccccc3)cc2n1C(=O)c1ccccc1. The quantitative estimate of drug-likeness (QED) is 0.463. The summed E-state index contributed by atoms with van der Waals surface area (Å²) in [5.41, 5.74) is 4.28. The second-order valence-electron chi connectivity index (χ2n) is 7.76. The molecule has 0 aliphatic rings. The van der Waals surface area contributed by atoms with Gasteiger partial charge >= 0.3 is 0 Å². The van der Waals surface area contributed by atoms with E-state index in [1.807, 2.05) is 54.6 Å². The van der Waals surface area contributed by atoms with Crippen LogP contribution in [0.5, 0.6) is 0 Å². The van der Waals surface area contributed by atoms with E-state index in [4.69, 9.17) is 4.98 Å². The van der Waals surface area contributed by atoms with Crippen LogP contribution in [0.3, 0.4) is 0 Å². The highest BCUT2D eigenvalue weighted by Gasteiger charge is 2.27. The molecule has 1 heterocycles. The number of fused-ring (bicyclic) bond motifs is 1. The van der Waals surface area contributed by atoms with Crippen LogP contribution in [0.1, 0.15) is 37.0 Å². The van der Waals surface area contributed by atoms with Crippen molar-refractivity contribution in [3.63, 3.8) is 0 Å². The molecule has 0 aliphatic heterocycles. The van der Waals surface area contributed by atoms with Crippen LogP contribution in [0.4, 0.5) is 0 Å². The topological polar surface area (TPSA) is 34.9 Å². The molecule has 3 aromatic carbocycles. The van der Waals surface area contributed by atoms with Crippen LogP contribution in [0, 0.1) is 0 Å². The van der Waals surface area contributed by atoms with Crippen LogP contribution in [0.15, 0.2) is 78.9 Å². The third-order valence-electron chi connectivity index (χ3n) is 4.66. The Morgan fingerprint density at radius 1 is 0.815 bits per heavy atom. The van der Waals surface area contributed by atoms with Gasteiger partial charge in [-0.1, -0.05) is 75.4 Å². The van der Waals surface area contributed by atoms with E-state index in [-0.39, 0.29) is 11.3 Å². The van der Waals surface area contributed by atoms with E-state index in [1.54, 1.807) is 4.57 Å². The fourth-order valence-electron chi connectivity index (χ4n) is 3.30. The van der Waals surface area contributed by atoms with Gasteiger partial charge in [-0.3, -0.25) is 9.36 Å². The van der Waals surface area contributed by atoms with Crippen LogP contribution in [0.25, 0.3) is 22.2 Å². The summed E-state index contributed by atoms with van der Waals surface area (Å²) in [7, 11) is 0. The minimum absolute atomic E-state index is 0.0479. The molecule has 0 N–H and O–H groups in total. The van der Waals surface area contributed by atoms with Gasteiger partial charge in [0.25, 0.3) is 5.91 Å². The predicted octanol–water partition coefficient (Wildman–Crippen LogP) is 5.69. The minimum atomic E-state index is -0.254. The molecular weight excluding hydrogens is 332 g/mol. The van der Waals surface area contributed by atoms with Crippen molar-refractivity contribution in [3.8, 4) is 11.1 Å². The molecule has 0 unspecified atom stereocenters. The minimum Gasteiger partial charge on any atom is -0.268 e. The van der Waals surface area contributed by atoms with Gasteiger partial charge in [-0.25, -0.2) is 4.98 Å². The van der Waals surface area contributed by atoms with Gasteiger partial charge in [0, 0.05) is 11.0 Å². The molecule has 4 rings (SSSR count). The van der Waals surface area contributed by atoms with Gasteiger partial charge in [0.1, 0.15) is 5.82 Å². The Morgan fingerprint density at radius 3 is 2.07 bits per heavy atom. The Bertz CT molecular complexity index is 1100. The molecule has 0 spiro atoms. The highest BCUT2D eigenvalue weighted by atomic mass is 16.2. The molecule has 0 saturated carbocycles. The normalized spacial score (nSPS) is 11.7.